The van der Waals surface area contributed by atoms with Gasteiger partial charge < -0.3 is 10.1 Å². The van der Waals surface area contributed by atoms with E-state index in [2.05, 4.69) is 29.5 Å². The van der Waals surface area contributed by atoms with Gasteiger partial charge in [0.1, 0.15) is 0 Å². The standard InChI is InChI=1S/C20H28N4O4S/c1-13(2)9-10-21-19(27)23-17(25)12-29-20-22-16-8-6-5-7-15(16)18(26)24(20)14(3)11-28-4/h5-8,13-14H,9-12H2,1-4H3,(H2,21,23,25,27)/t14-/m0/s1. The summed E-state index contributed by atoms with van der Waals surface area (Å²) in [4.78, 5) is 41.4. The summed E-state index contributed by atoms with van der Waals surface area (Å²) in [5.74, 6) is -0.0287. The second-order valence-corrected chi connectivity index (χ2v) is 8.11. The molecule has 8 nitrogen and oxygen atoms in total. The molecule has 2 N–H and O–H groups in total. The Bertz CT molecular complexity index is 913. The van der Waals surface area contributed by atoms with Crippen LogP contribution < -0.4 is 16.2 Å². The van der Waals surface area contributed by atoms with Crippen molar-refractivity contribution < 1.29 is 14.3 Å². The molecule has 9 heteroatoms. The molecule has 0 aliphatic heterocycles. The van der Waals surface area contributed by atoms with E-state index in [0.29, 0.717) is 35.1 Å². The highest BCUT2D eigenvalue weighted by atomic mass is 32.2. The summed E-state index contributed by atoms with van der Waals surface area (Å²) in [5, 5.41) is 5.87. The summed E-state index contributed by atoms with van der Waals surface area (Å²) in [6.45, 7) is 6.81. The fraction of sp³-hybridized carbons (Fsp3) is 0.500. The quantitative estimate of drug-likeness (QED) is 0.477. The number of ether oxygens (including phenoxy) is 1. The Kier molecular flexibility index (Phi) is 8.66. The van der Waals surface area contributed by atoms with Crippen molar-refractivity contribution in [2.75, 3.05) is 26.0 Å². The number of carbonyl (C=O) groups is 2. The molecular weight excluding hydrogens is 392 g/mol. The van der Waals surface area contributed by atoms with E-state index in [4.69, 9.17) is 4.74 Å². The largest absolute Gasteiger partial charge is 0.383 e. The number of benzene rings is 1. The van der Waals surface area contributed by atoms with Gasteiger partial charge in [0, 0.05) is 13.7 Å². The summed E-state index contributed by atoms with van der Waals surface area (Å²) in [5.41, 5.74) is 0.377. The van der Waals surface area contributed by atoms with Gasteiger partial charge in [0.05, 0.1) is 29.3 Å². The van der Waals surface area contributed by atoms with Gasteiger partial charge in [-0.05, 0) is 31.4 Å². The van der Waals surface area contributed by atoms with Gasteiger partial charge in [-0.1, -0.05) is 37.7 Å². The van der Waals surface area contributed by atoms with E-state index >= 15 is 0 Å². The Morgan fingerprint density at radius 2 is 1.97 bits per heavy atom. The third-order valence-electron chi connectivity index (χ3n) is 4.22. The van der Waals surface area contributed by atoms with E-state index in [1.165, 1.54) is 4.57 Å². The number of thioether (sulfide) groups is 1. The highest BCUT2D eigenvalue weighted by molar-refractivity contribution is 7.99. The van der Waals surface area contributed by atoms with Gasteiger partial charge in [0.25, 0.3) is 5.56 Å². The van der Waals surface area contributed by atoms with Crippen molar-refractivity contribution in [3.63, 3.8) is 0 Å². The molecule has 0 aliphatic rings. The van der Waals surface area contributed by atoms with E-state index < -0.39 is 11.9 Å². The Morgan fingerprint density at radius 1 is 1.24 bits per heavy atom. The molecule has 29 heavy (non-hydrogen) atoms. The van der Waals surface area contributed by atoms with Gasteiger partial charge in [-0.25, -0.2) is 9.78 Å². The van der Waals surface area contributed by atoms with Crippen molar-refractivity contribution in [2.24, 2.45) is 5.92 Å². The number of rotatable bonds is 9. The number of nitrogens with one attached hydrogen (secondary N) is 2. The van der Waals surface area contributed by atoms with Crippen LogP contribution in [0.4, 0.5) is 4.79 Å². The molecular formula is C20H28N4O4S. The summed E-state index contributed by atoms with van der Waals surface area (Å²) in [6, 6.07) is 6.30. The van der Waals surface area contributed by atoms with Crippen molar-refractivity contribution in [1.82, 2.24) is 20.2 Å². The molecule has 1 heterocycles. The van der Waals surface area contributed by atoms with E-state index in [9.17, 15) is 14.4 Å². The Labute approximate surface area is 174 Å². The number of carbonyl (C=O) groups excluding carboxylic acids is 2. The first-order chi connectivity index (χ1) is 13.8. The van der Waals surface area contributed by atoms with Crippen LogP contribution in [-0.4, -0.2) is 47.5 Å². The lowest BCUT2D eigenvalue weighted by atomic mass is 10.1. The summed E-state index contributed by atoms with van der Waals surface area (Å²) < 4.78 is 6.72. The van der Waals surface area contributed by atoms with Gasteiger partial charge in [0.15, 0.2) is 5.16 Å². The topological polar surface area (TPSA) is 102 Å². The van der Waals surface area contributed by atoms with E-state index in [1.807, 2.05) is 6.92 Å². The fourth-order valence-corrected chi connectivity index (χ4v) is 3.64. The van der Waals surface area contributed by atoms with Crippen molar-refractivity contribution in [3.8, 4) is 0 Å². The predicted octanol–water partition coefficient (Wildman–Crippen LogP) is 2.57. The van der Waals surface area contributed by atoms with Crippen LogP contribution in [0.2, 0.25) is 0 Å². The van der Waals surface area contributed by atoms with Crippen molar-refractivity contribution in [2.45, 2.75) is 38.4 Å². The first-order valence-electron chi connectivity index (χ1n) is 9.54. The van der Waals surface area contributed by atoms with Crippen molar-refractivity contribution in [1.29, 1.82) is 0 Å². The molecule has 0 saturated carbocycles. The molecule has 1 aromatic heterocycles. The molecule has 0 bridgehead atoms. The molecule has 1 atom stereocenters. The first kappa shape index (κ1) is 22.9. The maximum atomic E-state index is 13.0. The maximum Gasteiger partial charge on any atom is 0.321 e. The molecule has 0 aliphatic carbocycles. The number of imide groups is 1. The highest BCUT2D eigenvalue weighted by Gasteiger charge is 2.18. The number of nitrogens with zero attached hydrogens (tertiary/aromatic N) is 2. The number of urea groups is 1. The second kappa shape index (κ2) is 11.0. The summed E-state index contributed by atoms with van der Waals surface area (Å²) in [7, 11) is 1.56. The molecule has 1 aromatic carbocycles. The molecule has 0 radical (unpaired) electrons. The highest BCUT2D eigenvalue weighted by Crippen LogP contribution is 2.21. The van der Waals surface area contributed by atoms with Gasteiger partial charge >= 0.3 is 6.03 Å². The monoisotopic (exact) mass is 420 g/mol. The molecule has 2 rings (SSSR count). The number of amides is 3. The zero-order valence-corrected chi connectivity index (χ0v) is 18.0. The zero-order chi connectivity index (χ0) is 21.4. The minimum absolute atomic E-state index is 0.0396. The fourth-order valence-electron chi connectivity index (χ4n) is 2.74. The lowest BCUT2D eigenvalue weighted by Crippen LogP contribution is -2.41. The average molecular weight is 421 g/mol. The van der Waals surface area contributed by atoms with Gasteiger partial charge in [0.2, 0.25) is 5.91 Å². The Morgan fingerprint density at radius 3 is 2.66 bits per heavy atom. The van der Waals surface area contributed by atoms with Crippen molar-refractivity contribution >= 4 is 34.6 Å². The molecule has 0 spiro atoms. The third kappa shape index (κ3) is 6.57. The van der Waals surface area contributed by atoms with Crippen LogP contribution in [-0.2, 0) is 9.53 Å². The Balaban J connectivity index is 2.12. The number of hydrogen-bond donors (Lipinski definition) is 2. The molecule has 2 aromatic rings. The average Bonchev–Trinajstić information content (AvgIpc) is 2.66. The molecule has 0 unspecified atom stereocenters. The number of hydrogen-bond acceptors (Lipinski definition) is 6. The summed E-state index contributed by atoms with van der Waals surface area (Å²) in [6.07, 6.45) is 0.834. The number of para-hydroxylation sites is 1. The molecule has 0 fully saturated rings. The predicted molar refractivity (Wildman–Crippen MR) is 114 cm³/mol. The number of methoxy groups -OCH3 is 1. The molecule has 0 saturated heterocycles. The minimum atomic E-state index is -0.520. The Hall–Kier alpha value is -2.39. The first-order valence-corrected chi connectivity index (χ1v) is 10.5. The second-order valence-electron chi connectivity index (χ2n) is 7.17. The lowest BCUT2D eigenvalue weighted by Gasteiger charge is -2.18. The van der Waals surface area contributed by atoms with Gasteiger partial charge in [-0.2, -0.15) is 0 Å². The number of fused-ring (bicyclic) bond motifs is 1. The summed E-state index contributed by atoms with van der Waals surface area (Å²) >= 11 is 1.11. The van der Waals surface area contributed by atoms with E-state index in [-0.39, 0.29) is 17.4 Å². The minimum Gasteiger partial charge on any atom is -0.383 e. The van der Waals surface area contributed by atoms with Crippen LogP contribution >= 0.6 is 11.8 Å². The molecule has 158 valence electrons. The van der Waals surface area contributed by atoms with Crippen molar-refractivity contribution in [3.05, 3.63) is 34.6 Å². The van der Waals surface area contributed by atoms with Crippen LogP contribution in [0, 0.1) is 5.92 Å². The zero-order valence-electron chi connectivity index (χ0n) is 17.2. The van der Waals surface area contributed by atoms with Crippen LogP contribution in [0.15, 0.2) is 34.2 Å². The van der Waals surface area contributed by atoms with Crippen LogP contribution in [0.25, 0.3) is 10.9 Å². The SMILES string of the molecule is COC[C@H](C)n1c(SCC(=O)NC(=O)NCCC(C)C)nc2ccccc2c1=O. The normalized spacial score (nSPS) is 12.2. The van der Waals surface area contributed by atoms with Crippen LogP contribution in [0.5, 0.6) is 0 Å². The van der Waals surface area contributed by atoms with Gasteiger partial charge in [-0.15, -0.1) is 0 Å². The maximum absolute atomic E-state index is 13.0. The smallest absolute Gasteiger partial charge is 0.321 e. The van der Waals surface area contributed by atoms with Crippen LogP contribution in [0.1, 0.15) is 33.2 Å². The molecule has 3 amide bonds. The van der Waals surface area contributed by atoms with Gasteiger partial charge in [-0.3, -0.25) is 19.5 Å². The lowest BCUT2D eigenvalue weighted by molar-refractivity contribution is -0.117. The number of aromatic nitrogens is 2. The third-order valence-corrected chi connectivity index (χ3v) is 5.17. The van der Waals surface area contributed by atoms with E-state index in [0.717, 1.165) is 18.2 Å². The van der Waals surface area contributed by atoms with E-state index in [1.54, 1.807) is 31.4 Å². The van der Waals surface area contributed by atoms with Crippen LogP contribution in [0.3, 0.4) is 0 Å².